The third-order valence-corrected chi connectivity index (χ3v) is 4.56. The zero-order valence-electron chi connectivity index (χ0n) is 16.4. The van der Waals surface area contributed by atoms with E-state index in [1.165, 1.54) is 5.56 Å². The Morgan fingerprint density at radius 1 is 0.724 bits per heavy atom. The van der Waals surface area contributed by atoms with Crippen LogP contribution in [0.25, 0.3) is 0 Å². The molecule has 0 unspecified atom stereocenters. The SMILES string of the molecule is COc1ccc(CNC(=O)c2ccc(C(=O)NCCc3ccccc3)cc2)cc1. The van der Waals surface area contributed by atoms with E-state index in [0.29, 0.717) is 24.2 Å². The zero-order chi connectivity index (χ0) is 20.5. The van der Waals surface area contributed by atoms with Crippen molar-refractivity contribution in [1.82, 2.24) is 10.6 Å². The van der Waals surface area contributed by atoms with Gasteiger partial charge in [0.15, 0.2) is 0 Å². The maximum Gasteiger partial charge on any atom is 0.251 e. The normalized spacial score (nSPS) is 10.2. The number of amides is 2. The molecule has 0 atom stereocenters. The van der Waals surface area contributed by atoms with E-state index >= 15 is 0 Å². The van der Waals surface area contributed by atoms with Crippen molar-refractivity contribution in [2.75, 3.05) is 13.7 Å². The predicted molar refractivity (Wildman–Crippen MR) is 113 cm³/mol. The van der Waals surface area contributed by atoms with Crippen LogP contribution in [0.5, 0.6) is 5.75 Å². The van der Waals surface area contributed by atoms with Gasteiger partial charge in [-0.15, -0.1) is 0 Å². The highest BCUT2D eigenvalue weighted by atomic mass is 16.5. The van der Waals surface area contributed by atoms with Crippen molar-refractivity contribution < 1.29 is 14.3 Å². The minimum absolute atomic E-state index is 0.147. The van der Waals surface area contributed by atoms with Crippen LogP contribution in [-0.4, -0.2) is 25.5 Å². The fraction of sp³-hybridized carbons (Fsp3) is 0.167. The number of hydrogen-bond acceptors (Lipinski definition) is 3. The largest absolute Gasteiger partial charge is 0.497 e. The summed E-state index contributed by atoms with van der Waals surface area (Å²) in [5, 5.41) is 5.78. The van der Waals surface area contributed by atoms with E-state index in [0.717, 1.165) is 17.7 Å². The Kier molecular flexibility index (Phi) is 7.00. The molecule has 3 aromatic carbocycles. The maximum absolute atomic E-state index is 12.3. The Hall–Kier alpha value is -3.60. The molecule has 5 heteroatoms. The van der Waals surface area contributed by atoms with Crippen LogP contribution in [0.4, 0.5) is 0 Å². The first-order chi connectivity index (χ1) is 14.2. The first kappa shape index (κ1) is 20.1. The third-order valence-electron chi connectivity index (χ3n) is 4.56. The van der Waals surface area contributed by atoms with Gasteiger partial charge in [0.1, 0.15) is 5.75 Å². The molecule has 3 rings (SSSR count). The van der Waals surface area contributed by atoms with Gasteiger partial charge >= 0.3 is 0 Å². The monoisotopic (exact) mass is 388 g/mol. The summed E-state index contributed by atoms with van der Waals surface area (Å²) < 4.78 is 5.12. The molecule has 0 saturated carbocycles. The molecule has 0 aromatic heterocycles. The van der Waals surface area contributed by atoms with E-state index in [1.807, 2.05) is 54.6 Å². The van der Waals surface area contributed by atoms with Crippen molar-refractivity contribution in [1.29, 1.82) is 0 Å². The summed E-state index contributed by atoms with van der Waals surface area (Å²) >= 11 is 0. The molecular weight excluding hydrogens is 364 g/mol. The molecule has 0 aliphatic heterocycles. The lowest BCUT2D eigenvalue weighted by atomic mass is 10.1. The summed E-state index contributed by atoms with van der Waals surface area (Å²) in [5.74, 6) is 0.445. The average Bonchev–Trinajstić information content (AvgIpc) is 2.78. The van der Waals surface area contributed by atoms with E-state index in [1.54, 1.807) is 31.4 Å². The first-order valence-electron chi connectivity index (χ1n) is 9.49. The summed E-state index contributed by atoms with van der Waals surface area (Å²) in [6.45, 7) is 0.984. The molecule has 5 nitrogen and oxygen atoms in total. The number of rotatable bonds is 8. The van der Waals surface area contributed by atoms with Crippen LogP contribution in [0.15, 0.2) is 78.9 Å². The number of nitrogens with one attached hydrogen (secondary N) is 2. The number of methoxy groups -OCH3 is 1. The summed E-state index contributed by atoms with van der Waals surface area (Å²) in [6.07, 6.45) is 0.776. The van der Waals surface area contributed by atoms with Crippen molar-refractivity contribution in [2.45, 2.75) is 13.0 Å². The maximum atomic E-state index is 12.3. The van der Waals surface area contributed by atoms with Gasteiger partial charge in [-0.1, -0.05) is 42.5 Å². The summed E-state index contributed by atoms with van der Waals surface area (Å²) in [7, 11) is 1.62. The second kappa shape index (κ2) is 10.1. The molecule has 0 heterocycles. The van der Waals surface area contributed by atoms with E-state index in [4.69, 9.17) is 4.74 Å². The summed E-state index contributed by atoms with van der Waals surface area (Å²) in [4.78, 5) is 24.6. The Bertz CT molecular complexity index is 936. The molecule has 0 radical (unpaired) electrons. The molecule has 0 aliphatic carbocycles. The second-order valence-corrected chi connectivity index (χ2v) is 6.60. The second-order valence-electron chi connectivity index (χ2n) is 6.60. The van der Waals surface area contributed by atoms with Crippen LogP contribution in [0.1, 0.15) is 31.8 Å². The molecule has 0 aliphatic rings. The highest BCUT2D eigenvalue weighted by Crippen LogP contribution is 2.11. The summed E-state index contributed by atoms with van der Waals surface area (Å²) in [6, 6.07) is 24.2. The molecule has 2 N–H and O–H groups in total. The van der Waals surface area contributed by atoms with E-state index in [-0.39, 0.29) is 11.8 Å². The Morgan fingerprint density at radius 2 is 1.31 bits per heavy atom. The number of carbonyl (C=O) groups is 2. The summed E-state index contributed by atoms with van der Waals surface area (Å²) in [5.41, 5.74) is 3.20. The van der Waals surface area contributed by atoms with Crippen LogP contribution in [0.3, 0.4) is 0 Å². The van der Waals surface area contributed by atoms with E-state index in [2.05, 4.69) is 10.6 Å². The van der Waals surface area contributed by atoms with Gasteiger partial charge in [0.05, 0.1) is 7.11 Å². The standard InChI is InChI=1S/C24H24N2O3/c1-29-22-13-7-19(8-14-22)17-26-24(28)21-11-9-20(10-12-21)23(27)25-16-15-18-5-3-2-4-6-18/h2-14H,15-17H2,1H3,(H,25,27)(H,26,28). The van der Waals surface area contributed by atoms with Gasteiger partial charge in [-0.2, -0.15) is 0 Å². The fourth-order valence-electron chi connectivity index (χ4n) is 2.87. The highest BCUT2D eigenvalue weighted by molar-refractivity contribution is 5.97. The van der Waals surface area contributed by atoms with Crippen LogP contribution in [0, 0.1) is 0 Å². The van der Waals surface area contributed by atoms with Crippen molar-refractivity contribution in [3.05, 3.63) is 101 Å². The number of ether oxygens (including phenoxy) is 1. The molecule has 0 spiro atoms. The third kappa shape index (κ3) is 5.94. The quantitative estimate of drug-likeness (QED) is 0.620. The van der Waals surface area contributed by atoms with Crippen molar-refractivity contribution in [2.24, 2.45) is 0 Å². The first-order valence-corrected chi connectivity index (χ1v) is 9.49. The molecule has 3 aromatic rings. The van der Waals surface area contributed by atoms with Crippen LogP contribution >= 0.6 is 0 Å². The Morgan fingerprint density at radius 3 is 1.90 bits per heavy atom. The number of carbonyl (C=O) groups excluding carboxylic acids is 2. The molecule has 2 amide bonds. The predicted octanol–water partition coefficient (Wildman–Crippen LogP) is 3.60. The van der Waals surface area contributed by atoms with Gasteiger partial charge in [-0.3, -0.25) is 9.59 Å². The van der Waals surface area contributed by atoms with Gasteiger partial charge in [0.25, 0.3) is 11.8 Å². The Labute approximate surface area is 170 Å². The van der Waals surface area contributed by atoms with E-state index < -0.39 is 0 Å². The molecule has 0 fully saturated rings. The average molecular weight is 388 g/mol. The highest BCUT2D eigenvalue weighted by Gasteiger charge is 2.09. The fourth-order valence-corrected chi connectivity index (χ4v) is 2.87. The van der Waals surface area contributed by atoms with Gasteiger partial charge in [0.2, 0.25) is 0 Å². The molecular formula is C24H24N2O3. The molecule has 0 bridgehead atoms. The van der Waals surface area contributed by atoms with Crippen LogP contribution in [0.2, 0.25) is 0 Å². The minimum atomic E-state index is -0.183. The molecule has 0 saturated heterocycles. The van der Waals surface area contributed by atoms with Crippen molar-refractivity contribution in [3.8, 4) is 5.75 Å². The smallest absolute Gasteiger partial charge is 0.251 e. The lowest BCUT2D eigenvalue weighted by Crippen LogP contribution is -2.26. The van der Waals surface area contributed by atoms with Crippen LogP contribution in [-0.2, 0) is 13.0 Å². The van der Waals surface area contributed by atoms with Gasteiger partial charge < -0.3 is 15.4 Å². The minimum Gasteiger partial charge on any atom is -0.497 e. The Balaban J connectivity index is 1.47. The molecule has 148 valence electrons. The molecule has 29 heavy (non-hydrogen) atoms. The zero-order valence-corrected chi connectivity index (χ0v) is 16.4. The van der Waals surface area contributed by atoms with E-state index in [9.17, 15) is 9.59 Å². The van der Waals surface area contributed by atoms with Gasteiger partial charge in [0, 0.05) is 24.2 Å². The van der Waals surface area contributed by atoms with Crippen LogP contribution < -0.4 is 15.4 Å². The van der Waals surface area contributed by atoms with Gasteiger partial charge in [-0.25, -0.2) is 0 Å². The number of hydrogen-bond donors (Lipinski definition) is 2. The van der Waals surface area contributed by atoms with Crippen molar-refractivity contribution in [3.63, 3.8) is 0 Å². The lowest BCUT2D eigenvalue weighted by Gasteiger charge is -2.08. The lowest BCUT2D eigenvalue weighted by molar-refractivity contribution is 0.0940. The number of benzene rings is 3. The topological polar surface area (TPSA) is 67.4 Å². The van der Waals surface area contributed by atoms with Crippen molar-refractivity contribution >= 4 is 11.8 Å². The van der Waals surface area contributed by atoms with Gasteiger partial charge in [-0.05, 0) is 53.9 Å².